The summed E-state index contributed by atoms with van der Waals surface area (Å²) in [4.78, 5) is 25.7. The summed E-state index contributed by atoms with van der Waals surface area (Å²) in [6.07, 6.45) is 41.6. The van der Waals surface area contributed by atoms with E-state index in [0.29, 0.717) is 42.9 Å². The van der Waals surface area contributed by atoms with E-state index in [9.17, 15) is 9.59 Å². The first-order valence-electron chi connectivity index (χ1n) is 25.0. The molecule has 3 atom stereocenters. The average molecular weight is 864 g/mol. The molecular formula is C51H97N3O5S. The Balaban J connectivity index is 0.00000146. The zero-order chi connectivity index (χ0) is 44.3. The molecular weight excluding hydrogens is 767 g/mol. The lowest BCUT2D eigenvalue weighted by molar-refractivity contribution is -0.164. The summed E-state index contributed by atoms with van der Waals surface area (Å²) in [5.41, 5.74) is 0. The van der Waals surface area contributed by atoms with E-state index in [4.69, 9.17) is 26.4 Å². The molecule has 1 rings (SSSR count). The van der Waals surface area contributed by atoms with Gasteiger partial charge in [0.25, 0.3) is 0 Å². The number of esters is 1. The zero-order valence-corrected chi connectivity index (χ0v) is 41.2. The van der Waals surface area contributed by atoms with Crippen LogP contribution in [0.15, 0.2) is 24.3 Å². The van der Waals surface area contributed by atoms with E-state index in [1.807, 2.05) is 14.1 Å². The Kier molecular flexibility index (Phi) is 42.5. The molecule has 0 aromatic heterocycles. The third kappa shape index (κ3) is 41.5. The Bertz CT molecular complexity index is 1040. The minimum atomic E-state index is -0.329. The van der Waals surface area contributed by atoms with Crippen molar-refractivity contribution in [1.29, 1.82) is 0 Å². The van der Waals surface area contributed by atoms with Gasteiger partial charge in [-0.15, -0.1) is 0 Å². The van der Waals surface area contributed by atoms with E-state index in [1.165, 1.54) is 122 Å². The van der Waals surface area contributed by atoms with Gasteiger partial charge in [0.05, 0.1) is 6.42 Å². The smallest absolute Gasteiger partial charge is 0.306 e. The molecule has 1 fully saturated rings. The van der Waals surface area contributed by atoms with Crippen LogP contribution in [0.3, 0.4) is 0 Å². The van der Waals surface area contributed by atoms with Crippen LogP contribution in [0.5, 0.6) is 0 Å². The Hall–Kier alpha value is -1.81. The second kappa shape index (κ2) is 43.8. The molecule has 2 N–H and O–H groups in total. The van der Waals surface area contributed by atoms with Crippen LogP contribution in [0.25, 0.3) is 0 Å². The molecule has 0 amide bonds. The quantitative estimate of drug-likeness (QED) is 0.0207. The Morgan fingerprint density at radius 3 is 1.77 bits per heavy atom. The summed E-state index contributed by atoms with van der Waals surface area (Å²) in [6, 6.07) is 0.218. The number of allylic oxidation sites excluding steroid dienone is 4. The standard InChI is InChI=1S/C32H63N3O4S.C19H34O/c1-6-8-10-12-14-16-22-37-31(38-23-17-15-13-11-9-7-2)19-18-30(36)39-29-25-27(3)24-28(26-29)34-32(40)33-20-21-35(4)5;1-3-4-5-6-7-8-9-10-11-12-13-14-15-16-17-18-19(2)20/h27-29,31H,6-26H2,1-5H3,(H2,33,34,40);7-8,10-11H,3-6,9,12-18H2,1-2H3/b;8-7-,11-10-. The van der Waals surface area contributed by atoms with Crippen LogP contribution in [-0.4, -0.2) is 80.6 Å². The maximum absolute atomic E-state index is 12.8. The molecule has 0 aromatic carbocycles. The predicted molar refractivity (Wildman–Crippen MR) is 261 cm³/mol. The minimum Gasteiger partial charge on any atom is -0.462 e. The molecule has 0 aliphatic heterocycles. The van der Waals surface area contributed by atoms with E-state index >= 15 is 0 Å². The number of hydrogen-bond donors (Lipinski definition) is 2. The first-order valence-corrected chi connectivity index (χ1v) is 25.4. The molecule has 1 saturated carbocycles. The topological polar surface area (TPSA) is 89.1 Å². The minimum absolute atomic E-state index is 0.0788. The Morgan fingerprint density at radius 2 is 1.20 bits per heavy atom. The van der Waals surface area contributed by atoms with Crippen LogP contribution >= 0.6 is 12.2 Å². The van der Waals surface area contributed by atoms with Crippen LogP contribution in [-0.2, 0) is 23.8 Å². The van der Waals surface area contributed by atoms with E-state index in [-0.39, 0.29) is 24.4 Å². The lowest BCUT2D eigenvalue weighted by atomic mass is 9.85. The number of Topliss-reactive ketones (excluding diaryl/α,β-unsaturated/α-hetero) is 1. The van der Waals surface area contributed by atoms with Crippen LogP contribution in [0.1, 0.15) is 221 Å². The number of nitrogens with one attached hydrogen (secondary N) is 2. The summed E-state index contributed by atoms with van der Waals surface area (Å²) in [5, 5.41) is 7.39. The number of unbranched alkanes of at least 4 members (excludes halogenated alkanes) is 18. The zero-order valence-electron chi connectivity index (χ0n) is 40.4. The lowest BCUT2D eigenvalue weighted by Gasteiger charge is -2.34. The molecule has 352 valence electrons. The molecule has 0 aromatic rings. The summed E-state index contributed by atoms with van der Waals surface area (Å²) in [5.74, 6) is 0.652. The van der Waals surface area contributed by atoms with Gasteiger partial charge in [-0.05, 0) is 103 Å². The van der Waals surface area contributed by atoms with Gasteiger partial charge < -0.3 is 34.5 Å². The van der Waals surface area contributed by atoms with Gasteiger partial charge in [-0.1, -0.05) is 148 Å². The molecule has 0 saturated heterocycles. The number of thiocarbonyl (C=S) groups is 1. The highest BCUT2D eigenvalue weighted by Gasteiger charge is 2.29. The van der Waals surface area contributed by atoms with Crippen molar-refractivity contribution in [1.82, 2.24) is 15.5 Å². The van der Waals surface area contributed by atoms with E-state index in [0.717, 1.165) is 64.5 Å². The van der Waals surface area contributed by atoms with Crippen LogP contribution < -0.4 is 10.6 Å². The number of ether oxygens (including phenoxy) is 3. The van der Waals surface area contributed by atoms with Crippen molar-refractivity contribution < 1.29 is 23.8 Å². The van der Waals surface area contributed by atoms with Crippen molar-refractivity contribution >= 4 is 29.1 Å². The van der Waals surface area contributed by atoms with Crippen molar-refractivity contribution in [2.75, 3.05) is 40.4 Å². The number of ketones is 1. The van der Waals surface area contributed by atoms with Gasteiger partial charge in [-0.2, -0.15) is 0 Å². The molecule has 9 heteroatoms. The van der Waals surface area contributed by atoms with Gasteiger partial charge in [-0.25, -0.2) is 0 Å². The predicted octanol–water partition coefficient (Wildman–Crippen LogP) is 13.4. The van der Waals surface area contributed by atoms with Gasteiger partial charge in [0.15, 0.2) is 11.4 Å². The first-order chi connectivity index (χ1) is 29.1. The SMILES string of the molecule is CCCCC/C=C\C/C=C\CCCCCCCC(C)=O.CCCCCCCCOC(CCC(=O)OC1CC(C)CC(NC(=S)NCCN(C)C)C1)OCCCCCCCC. The molecule has 0 heterocycles. The molecule has 0 radical (unpaired) electrons. The monoisotopic (exact) mass is 864 g/mol. The van der Waals surface area contributed by atoms with Gasteiger partial charge in [-0.3, -0.25) is 4.79 Å². The number of rotatable bonds is 38. The normalized spacial score (nSPS) is 16.7. The van der Waals surface area contributed by atoms with Gasteiger partial charge in [0, 0.05) is 51.6 Å². The summed E-state index contributed by atoms with van der Waals surface area (Å²) < 4.78 is 18.1. The number of carbonyl (C=O) groups excluding carboxylic acids is 2. The lowest BCUT2D eigenvalue weighted by Crippen LogP contribution is -2.47. The van der Waals surface area contributed by atoms with Gasteiger partial charge >= 0.3 is 5.97 Å². The highest BCUT2D eigenvalue weighted by Crippen LogP contribution is 2.27. The van der Waals surface area contributed by atoms with E-state index < -0.39 is 0 Å². The fourth-order valence-electron chi connectivity index (χ4n) is 7.46. The highest BCUT2D eigenvalue weighted by atomic mass is 32.1. The van der Waals surface area contributed by atoms with Crippen molar-refractivity contribution in [2.24, 2.45) is 5.92 Å². The average Bonchev–Trinajstić information content (AvgIpc) is 3.20. The molecule has 0 bridgehead atoms. The molecule has 8 nitrogen and oxygen atoms in total. The number of carbonyl (C=O) groups is 2. The highest BCUT2D eigenvalue weighted by molar-refractivity contribution is 7.80. The summed E-state index contributed by atoms with van der Waals surface area (Å²) in [7, 11) is 4.09. The van der Waals surface area contributed by atoms with Gasteiger partial charge in [0.2, 0.25) is 0 Å². The third-order valence-corrected chi connectivity index (χ3v) is 11.3. The second-order valence-electron chi connectivity index (χ2n) is 17.8. The summed E-state index contributed by atoms with van der Waals surface area (Å²) >= 11 is 5.49. The van der Waals surface area contributed by atoms with Crippen molar-refractivity contribution in [2.45, 2.75) is 239 Å². The fourth-order valence-corrected chi connectivity index (χ4v) is 7.73. The fraction of sp³-hybridized carbons (Fsp3) is 0.863. The molecule has 0 spiro atoms. The van der Waals surface area contributed by atoms with Crippen molar-refractivity contribution in [3.05, 3.63) is 24.3 Å². The van der Waals surface area contributed by atoms with E-state index in [2.05, 4.69) is 67.5 Å². The van der Waals surface area contributed by atoms with Crippen molar-refractivity contribution in [3.63, 3.8) is 0 Å². The molecule has 1 aliphatic carbocycles. The summed E-state index contributed by atoms with van der Waals surface area (Å²) in [6.45, 7) is 13.8. The van der Waals surface area contributed by atoms with E-state index in [1.54, 1.807) is 6.92 Å². The molecule has 60 heavy (non-hydrogen) atoms. The van der Waals surface area contributed by atoms with Crippen LogP contribution in [0.2, 0.25) is 0 Å². The van der Waals surface area contributed by atoms with Gasteiger partial charge in [0.1, 0.15) is 11.9 Å². The molecule has 1 aliphatic rings. The van der Waals surface area contributed by atoms with Crippen LogP contribution in [0, 0.1) is 5.92 Å². The maximum Gasteiger partial charge on any atom is 0.306 e. The van der Waals surface area contributed by atoms with Crippen LogP contribution in [0.4, 0.5) is 0 Å². The Morgan fingerprint density at radius 1 is 0.683 bits per heavy atom. The maximum atomic E-state index is 12.8. The van der Waals surface area contributed by atoms with Crippen molar-refractivity contribution in [3.8, 4) is 0 Å². The first kappa shape index (κ1) is 58.2. The largest absolute Gasteiger partial charge is 0.462 e. The third-order valence-electron chi connectivity index (χ3n) is 11.0. The number of hydrogen-bond acceptors (Lipinski definition) is 7. The number of nitrogens with zero attached hydrogens (tertiary/aromatic N) is 1. The Labute approximate surface area is 376 Å². The second-order valence-corrected chi connectivity index (χ2v) is 18.2. The number of likely N-dealkylation sites (N-methyl/N-ethyl adjacent to an activating group) is 1. The molecule has 3 unspecified atom stereocenters.